The standard InChI is InChI=1S/C12H12N2O2/c1-2-16-12(15)9-3-4-10-8-13-5-6-14-11(10)7-9/h3-8,14H,2H2,1H3. The summed E-state index contributed by atoms with van der Waals surface area (Å²) in [4.78, 5) is 15.6. The Kier molecular flexibility index (Phi) is 3.00. The van der Waals surface area contributed by atoms with Crippen LogP contribution in [0.2, 0.25) is 0 Å². The molecule has 1 aliphatic rings. The predicted octanol–water partition coefficient (Wildman–Crippen LogP) is 2.18. The summed E-state index contributed by atoms with van der Waals surface area (Å²) in [5.41, 5.74) is 2.33. The molecule has 1 aromatic carbocycles. The van der Waals surface area contributed by atoms with Crippen molar-refractivity contribution in [2.75, 3.05) is 11.9 Å². The van der Waals surface area contributed by atoms with Crippen LogP contribution >= 0.6 is 0 Å². The lowest BCUT2D eigenvalue weighted by Gasteiger charge is -2.07. The normalized spacial score (nSPS) is 12.6. The largest absolute Gasteiger partial charge is 0.462 e. The van der Waals surface area contributed by atoms with Crippen LogP contribution in [0.5, 0.6) is 0 Å². The van der Waals surface area contributed by atoms with Gasteiger partial charge in [0, 0.05) is 29.9 Å². The molecular weight excluding hydrogens is 204 g/mol. The highest BCUT2D eigenvalue weighted by molar-refractivity contribution is 5.95. The molecule has 0 fully saturated rings. The van der Waals surface area contributed by atoms with Crippen LogP contribution in [-0.4, -0.2) is 18.8 Å². The SMILES string of the molecule is CCOC(=O)c1ccc2c(c1)NC=CN=C2. The molecule has 1 aliphatic heterocycles. The van der Waals surface area contributed by atoms with E-state index in [1.165, 1.54) is 0 Å². The van der Waals surface area contributed by atoms with E-state index in [0.717, 1.165) is 11.3 Å². The van der Waals surface area contributed by atoms with Crippen LogP contribution in [-0.2, 0) is 4.74 Å². The fourth-order valence-electron chi connectivity index (χ4n) is 1.43. The molecule has 0 atom stereocenters. The molecule has 0 aliphatic carbocycles. The molecule has 0 aromatic heterocycles. The highest BCUT2D eigenvalue weighted by atomic mass is 16.5. The van der Waals surface area contributed by atoms with Gasteiger partial charge in [-0.1, -0.05) is 6.07 Å². The number of carbonyl (C=O) groups excluding carboxylic acids is 1. The minimum absolute atomic E-state index is 0.308. The number of fused-ring (bicyclic) bond motifs is 1. The van der Waals surface area contributed by atoms with Crippen LogP contribution in [0.4, 0.5) is 5.69 Å². The third-order valence-electron chi connectivity index (χ3n) is 2.18. The van der Waals surface area contributed by atoms with Crippen molar-refractivity contribution in [2.24, 2.45) is 4.99 Å². The third kappa shape index (κ3) is 2.11. The third-order valence-corrected chi connectivity index (χ3v) is 2.18. The number of ether oxygens (including phenoxy) is 1. The maximum absolute atomic E-state index is 11.5. The Balaban J connectivity index is 2.32. The second-order valence-corrected chi connectivity index (χ2v) is 3.26. The summed E-state index contributed by atoms with van der Waals surface area (Å²) in [6.07, 6.45) is 5.11. The summed E-state index contributed by atoms with van der Waals surface area (Å²) in [5.74, 6) is -0.308. The van der Waals surface area contributed by atoms with Crippen molar-refractivity contribution in [3.8, 4) is 0 Å². The predicted molar refractivity (Wildman–Crippen MR) is 62.8 cm³/mol. The van der Waals surface area contributed by atoms with Gasteiger partial charge in [-0.3, -0.25) is 4.99 Å². The number of nitrogens with zero attached hydrogens (tertiary/aromatic N) is 1. The number of anilines is 1. The van der Waals surface area contributed by atoms with Crippen molar-refractivity contribution in [1.29, 1.82) is 0 Å². The molecule has 1 N–H and O–H groups in total. The Hall–Kier alpha value is -2.10. The zero-order valence-corrected chi connectivity index (χ0v) is 8.93. The van der Waals surface area contributed by atoms with Gasteiger partial charge in [-0.2, -0.15) is 0 Å². The first-order chi connectivity index (χ1) is 7.81. The average molecular weight is 216 g/mol. The van der Waals surface area contributed by atoms with Gasteiger partial charge in [0.2, 0.25) is 0 Å². The van der Waals surface area contributed by atoms with E-state index in [2.05, 4.69) is 10.3 Å². The topological polar surface area (TPSA) is 50.7 Å². The van der Waals surface area contributed by atoms with E-state index >= 15 is 0 Å². The Labute approximate surface area is 93.6 Å². The average Bonchev–Trinajstić information content (AvgIpc) is 2.53. The van der Waals surface area contributed by atoms with Crippen LogP contribution in [0.1, 0.15) is 22.8 Å². The Morgan fingerprint density at radius 1 is 1.50 bits per heavy atom. The zero-order valence-electron chi connectivity index (χ0n) is 8.93. The maximum Gasteiger partial charge on any atom is 0.338 e. The summed E-state index contributed by atoms with van der Waals surface area (Å²) in [7, 11) is 0. The summed E-state index contributed by atoms with van der Waals surface area (Å²) in [5, 5.41) is 3.05. The number of hydrogen-bond donors (Lipinski definition) is 1. The van der Waals surface area contributed by atoms with E-state index in [1.807, 2.05) is 6.07 Å². The molecule has 16 heavy (non-hydrogen) atoms. The van der Waals surface area contributed by atoms with E-state index in [-0.39, 0.29) is 5.97 Å². The first-order valence-electron chi connectivity index (χ1n) is 5.07. The van der Waals surface area contributed by atoms with E-state index in [0.29, 0.717) is 12.2 Å². The second kappa shape index (κ2) is 4.61. The van der Waals surface area contributed by atoms with Crippen LogP contribution in [0, 0.1) is 0 Å². The van der Waals surface area contributed by atoms with Gasteiger partial charge >= 0.3 is 5.97 Å². The fraction of sp³-hybridized carbons (Fsp3) is 0.167. The number of esters is 1. The van der Waals surface area contributed by atoms with Crippen LogP contribution < -0.4 is 5.32 Å². The number of rotatable bonds is 2. The molecule has 0 radical (unpaired) electrons. The number of hydrogen-bond acceptors (Lipinski definition) is 4. The van der Waals surface area contributed by atoms with Crippen LogP contribution in [0.15, 0.2) is 35.6 Å². The molecule has 0 amide bonds. The first kappa shape index (κ1) is 10.4. The first-order valence-corrected chi connectivity index (χ1v) is 5.07. The van der Waals surface area contributed by atoms with Gasteiger partial charge < -0.3 is 10.1 Å². The monoisotopic (exact) mass is 216 g/mol. The molecule has 4 nitrogen and oxygen atoms in total. The Bertz CT molecular complexity index is 464. The fourth-order valence-corrected chi connectivity index (χ4v) is 1.43. The summed E-state index contributed by atoms with van der Waals surface area (Å²) in [6.45, 7) is 2.17. The summed E-state index contributed by atoms with van der Waals surface area (Å²) < 4.78 is 4.93. The molecule has 82 valence electrons. The molecule has 0 bridgehead atoms. The van der Waals surface area contributed by atoms with E-state index in [9.17, 15) is 4.79 Å². The smallest absolute Gasteiger partial charge is 0.338 e. The van der Waals surface area contributed by atoms with E-state index < -0.39 is 0 Å². The minimum Gasteiger partial charge on any atom is -0.462 e. The lowest BCUT2D eigenvalue weighted by molar-refractivity contribution is 0.0526. The van der Waals surface area contributed by atoms with Crippen molar-refractivity contribution in [2.45, 2.75) is 6.92 Å². The number of carbonyl (C=O) groups is 1. The molecule has 1 aromatic rings. The lowest BCUT2D eigenvalue weighted by Crippen LogP contribution is -2.05. The quantitative estimate of drug-likeness (QED) is 0.771. The van der Waals surface area contributed by atoms with Crippen molar-refractivity contribution in [1.82, 2.24) is 0 Å². The van der Waals surface area contributed by atoms with Gasteiger partial charge in [-0.05, 0) is 19.1 Å². The molecule has 2 rings (SSSR count). The summed E-state index contributed by atoms with van der Waals surface area (Å²) >= 11 is 0. The van der Waals surface area contributed by atoms with Crippen molar-refractivity contribution >= 4 is 17.9 Å². The zero-order chi connectivity index (χ0) is 11.4. The van der Waals surface area contributed by atoms with Crippen molar-refractivity contribution in [3.63, 3.8) is 0 Å². The molecule has 1 heterocycles. The van der Waals surface area contributed by atoms with E-state index in [4.69, 9.17) is 4.74 Å². The molecule has 0 saturated carbocycles. The van der Waals surface area contributed by atoms with Crippen LogP contribution in [0.25, 0.3) is 0 Å². The van der Waals surface area contributed by atoms with Gasteiger partial charge in [0.05, 0.1) is 12.2 Å². The minimum atomic E-state index is -0.308. The Morgan fingerprint density at radius 3 is 3.19 bits per heavy atom. The van der Waals surface area contributed by atoms with Gasteiger partial charge in [-0.25, -0.2) is 4.79 Å². The molecule has 0 unspecified atom stereocenters. The lowest BCUT2D eigenvalue weighted by atomic mass is 10.1. The highest BCUT2D eigenvalue weighted by Crippen LogP contribution is 2.18. The van der Waals surface area contributed by atoms with Gasteiger partial charge in [-0.15, -0.1) is 0 Å². The second-order valence-electron chi connectivity index (χ2n) is 3.26. The van der Waals surface area contributed by atoms with Gasteiger partial charge in [0.1, 0.15) is 0 Å². The highest BCUT2D eigenvalue weighted by Gasteiger charge is 2.09. The van der Waals surface area contributed by atoms with Crippen LogP contribution in [0.3, 0.4) is 0 Å². The molecule has 4 heteroatoms. The summed E-state index contributed by atoms with van der Waals surface area (Å²) in [6, 6.07) is 5.33. The maximum atomic E-state index is 11.5. The van der Waals surface area contributed by atoms with Gasteiger partial charge in [0.15, 0.2) is 0 Å². The molecular formula is C12H12N2O2. The van der Waals surface area contributed by atoms with Crippen molar-refractivity contribution < 1.29 is 9.53 Å². The van der Waals surface area contributed by atoms with E-state index in [1.54, 1.807) is 37.7 Å². The molecule has 0 spiro atoms. The van der Waals surface area contributed by atoms with Crippen molar-refractivity contribution in [3.05, 3.63) is 41.7 Å². The number of benzene rings is 1. The Morgan fingerprint density at radius 2 is 2.38 bits per heavy atom. The molecule has 0 saturated heterocycles. The van der Waals surface area contributed by atoms with Gasteiger partial charge in [0.25, 0.3) is 0 Å². The number of nitrogens with one attached hydrogen (secondary N) is 1. The number of aliphatic imine (C=N–C) groups is 1.